The molecule has 0 aliphatic carbocycles. The number of rotatable bonds is 2. The Balaban J connectivity index is 2.42. The number of carbonyl (C=O) groups excluding carboxylic acids is 1. The van der Waals surface area contributed by atoms with Gasteiger partial charge in [-0.25, -0.2) is 4.98 Å². The molecule has 0 aromatic carbocycles. The first-order chi connectivity index (χ1) is 6.22. The van der Waals surface area contributed by atoms with Gasteiger partial charge in [0.1, 0.15) is 6.33 Å². The van der Waals surface area contributed by atoms with Crippen molar-refractivity contribution in [2.75, 3.05) is 0 Å². The highest BCUT2D eigenvalue weighted by Crippen LogP contribution is 1.85. The highest BCUT2D eigenvalue weighted by Gasteiger charge is 1.99. The van der Waals surface area contributed by atoms with Gasteiger partial charge in [-0.1, -0.05) is 0 Å². The van der Waals surface area contributed by atoms with E-state index in [2.05, 4.69) is 42.1 Å². The zero-order valence-electron chi connectivity index (χ0n) is 6.91. The second kappa shape index (κ2) is 4.62. The third-order valence-electron chi connectivity index (χ3n) is 1.21. The van der Waals surface area contributed by atoms with E-state index in [1.54, 1.807) is 18.1 Å². The summed E-state index contributed by atoms with van der Waals surface area (Å²) in [6.45, 7) is 0.293. The molecule has 0 fully saturated rings. The molecule has 0 aliphatic heterocycles. The van der Waals surface area contributed by atoms with E-state index in [0.29, 0.717) is 12.4 Å². The van der Waals surface area contributed by atoms with Gasteiger partial charge >= 0.3 is 0 Å². The molecule has 1 amide bonds. The van der Waals surface area contributed by atoms with Crippen molar-refractivity contribution in [3.63, 3.8) is 0 Å². The Labute approximate surface area is 83.7 Å². The summed E-state index contributed by atoms with van der Waals surface area (Å²) in [6.07, 6.45) is 1.57. The summed E-state index contributed by atoms with van der Waals surface area (Å²) >= 11 is 2.82. The SMILES string of the molecule is Cn1cnc(CNC(=O)C#CBr)n1. The molecule has 0 saturated carbocycles. The van der Waals surface area contributed by atoms with Crippen LogP contribution in [0.2, 0.25) is 0 Å². The molecule has 68 valence electrons. The average molecular weight is 243 g/mol. The van der Waals surface area contributed by atoms with E-state index < -0.39 is 0 Å². The van der Waals surface area contributed by atoms with Crippen LogP contribution >= 0.6 is 15.9 Å². The second-order valence-electron chi connectivity index (χ2n) is 2.24. The summed E-state index contributed by atoms with van der Waals surface area (Å²) in [5.74, 6) is 2.48. The van der Waals surface area contributed by atoms with E-state index in [4.69, 9.17) is 0 Å². The lowest BCUT2D eigenvalue weighted by atomic mass is 10.5. The zero-order valence-corrected chi connectivity index (χ0v) is 8.50. The Bertz CT molecular complexity index is 362. The number of aryl methyl sites for hydroxylation is 1. The molecular formula is C7H7BrN4O. The van der Waals surface area contributed by atoms with Gasteiger partial charge in [-0.15, -0.1) is 0 Å². The summed E-state index contributed by atoms with van der Waals surface area (Å²) in [5.41, 5.74) is 0. The van der Waals surface area contributed by atoms with Crippen LogP contribution in [0.1, 0.15) is 5.82 Å². The van der Waals surface area contributed by atoms with Crippen LogP contribution in [0.5, 0.6) is 0 Å². The Kier molecular flexibility index (Phi) is 3.46. The van der Waals surface area contributed by atoms with E-state index in [-0.39, 0.29) is 5.91 Å². The van der Waals surface area contributed by atoms with Gasteiger partial charge in [0.05, 0.1) is 6.54 Å². The van der Waals surface area contributed by atoms with Crippen LogP contribution in [0.3, 0.4) is 0 Å². The van der Waals surface area contributed by atoms with Gasteiger partial charge in [-0.3, -0.25) is 9.48 Å². The molecule has 0 unspecified atom stereocenters. The fourth-order valence-electron chi connectivity index (χ4n) is 0.711. The number of nitrogens with one attached hydrogen (secondary N) is 1. The number of nitrogens with zero attached hydrogens (tertiary/aromatic N) is 3. The van der Waals surface area contributed by atoms with Crippen LogP contribution in [0.15, 0.2) is 6.33 Å². The van der Waals surface area contributed by atoms with Gasteiger partial charge in [0.2, 0.25) is 0 Å². The molecule has 5 nitrogen and oxygen atoms in total. The normalized spacial score (nSPS) is 8.77. The molecule has 0 aliphatic rings. The lowest BCUT2D eigenvalue weighted by Crippen LogP contribution is -2.21. The van der Waals surface area contributed by atoms with Crippen LogP contribution in [-0.2, 0) is 18.4 Å². The van der Waals surface area contributed by atoms with Crippen LogP contribution in [-0.4, -0.2) is 20.7 Å². The number of hydrogen-bond acceptors (Lipinski definition) is 3. The smallest absolute Gasteiger partial charge is 0.297 e. The fourth-order valence-corrected chi connectivity index (χ4v) is 0.891. The number of aromatic nitrogens is 3. The molecule has 6 heteroatoms. The molecule has 1 heterocycles. The summed E-state index contributed by atoms with van der Waals surface area (Å²) in [6, 6.07) is 0. The first-order valence-electron chi connectivity index (χ1n) is 3.46. The third kappa shape index (κ3) is 3.25. The van der Waals surface area contributed by atoms with Crippen molar-refractivity contribution in [1.82, 2.24) is 20.1 Å². The zero-order chi connectivity index (χ0) is 9.68. The van der Waals surface area contributed by atoms with Gasteiger partial charge in [-0.05, 0) is 4.83 Å². The minimum atomic E-state index is -0.357. The number of carbonyl (C=O) groups is 1. The highest BCUT2D eigenvalue weighted by atomic mass is 79.9. The summed E-state index contributed by atoms with van der Waals surface area (Å²) in [7, 11) is 1.76. The van der Waals surface area contributed by atoms with Gasteiger partial charge in [0.15, 0.2) is 5.82 Å². The molecule has 13 heavy (non-hydrogen) atoms. The number of amides is 1. The predicted octanol–water partition coefficient (Wildman–Crippen LogP) is -0.213. The monoisotopic (exact) mass is 242 g/mol. The third-order valence-corrected chi connectivity index (χ3v) is 1.41. The molecule has 0 bridgehead atoms. The van der Waals surface area contributed by atoms with Crippen molar-refractivity contribution >= 4 is 21.8 Å². The first-order valence-corrected chi connectivity index (χ1v) is 4.25. The summed E-state index contributed by atoms with van der Waals surface area (Å²) in [4.78, 5) is 17.1. The molecule has 1 aromatic rings. The Morgan fingerprint density at radius 3 is 3.15 bits per heavy atom. The average Bonchev–Trinajstić information content (AvgIpc) is 2.49. The molecule has 1 rings (SSSR count). The largest absolute Gasteiger partial charge is 0.338 e. The second-order valence-corrected chi connectivity index (χ2v) is 2.63. The summed E-state index contributed by atoms with van der Waals surface area (Å²) < 4.78 is 1.57. The molecular weight excluding hydrogens is 236 g/mol. The fraction of sp³-hybridized carbons (Fsp3) is 0.286. The van der Waals surface area contributed by atoms with Gasteiger partial charge < -0.3 is 5.32 Å². The lowest BCUT2D eigenvalue weighted by Gasteiger charge is -1.94. The highest BCUT2D eigenvalue weighted by molar-refractivity contribution is 9.12. The molecule has 0 spiro atoms. The van der Waals surface area contributed by atoms with Crippen molar-refractivity contribution in [2.45, 2.75) is 6.54 Å². The number of hydrogen-bond donors (Lipinski definition) is 1. The van der Waals surface area contributed by atoms with Gasteiger partial charge in [0, 0.05) is 28.9 Å². The minimum absolute atomic E-state index is 0.293. The molecule has 1 aromatic heterocycles. The molecule has 0 atom stereocenters. The maximum atomic E-state index is 10.8. The van der Waals surface area contributed by atoms with Crippen molar-refractivity contribution in [3.8, 4) is 10.8 Å². The van der Waals surface area contributed by atoms with E-state index in [0.717, 1.165) is 0 Å². The Morgan fingerprint density at radius 2 is 2.62 bits per heavy atom. The molecule has 0 radical (unpaired) electrons. The van der Waals surface area contributed by atoms with Crippen molar-refractivity contribution in [2.24, 2.45) is 7.05 Å². The summed E-state index contributed by atoms with van der Waals surface area (Å²) in [5, 5.41) is 6.51. The Morgan fingerprint density at radius 1 is 1.85 bits per heavy atom. The topological polar surface area (TPSA) is 59.8 Å². The maximum Gasteiger partial charge on any atom is 0.297 e. The van der Waals surface area contributed by atoms with Crippen molar-refractivity contribution < 1.29 is 4.79 Å². The minimum Gasteiger partial charge on any atom is -0.338 e. The quantitative estimate of drug-likeness (QED) is 0.731. The van der Waals surface area contributed by atoms with Crippen molar-refractivity contribution in [1.29, 1.82) is 0 Å². The van der Waals surface area contributed by atoms with Crippen molar-refractivity contribution in [3.05, 3.63) is 12.2 Å². The van der Waals surface area contributed by atoms with E-state index in [1.165, 1.54) is 0 Å². The van der Waals surface area contributed by atoms with Crippen LogP contribution < -0.4 is 5.32 Å². The predicted molar refractivity (Wildman–Crippen MR) is 49.6 cm³/mol. The van der Waals surface area contributed by atoms with E-state index >= 15 is 0 Å². The van der Waals surface area contributed by atoms with Crippen LogP contribution in [0, 0.1) is 10.8 Å². The molecule has 1 N–H and O–H groups in total. The first kappa shape index (κ1) is 9.74. The van der Waals surface area contributed by atoms with E-state index in [9.17, 15) is 4.79 Å². The maximum absolute atomic E-state index is 10.8. The van der Waals surface area contributed by atoms with E-state index in [1.807, 2.05) is 0 Å². The standard InChI is InChI=1S/C7H7BrN4O/c1-12-5-10-6(11-12)4-9-7(13)2-3-8/h5H,4H2,1H3,(H,9,13). The van der Waals surface area contributed by atoms with Gasteiger partial charge in [0.25, 0.3) is 5.91 Å². The lowest BCUT2D eigenvalue weighted by molar-refractivity contribution is -0.115. The van der Waals surface area contributed by atoms with Crippen LogP contribution in [0.4, 0.5) is 0 Å². The van der Waals surface area contributed by atoms with Gasteiger partial charge in [-0.2, -0.15) is 5.10 Å². The number of halogens is 1. The Hall–Kier alpha value is -1.35. The molecule has 0 saturated heterocycles. The van der Waals surface area contributed by atoms with Crippen LogP contribution in [0.25, 0.3) is 0 Å².